The molecule has 1 aliphatic heterocycles. The van der Waals surface area contributed by atoms with E-state index in [0.29, 0.717) is 25.4 Å². The van der Waals surface area contributed by atoms with Crippen molar-refractivity contribution in [2.45, 2.75) is 38.5 Å². The van der Waals surface area contributed by atoms with Crippen molar-refractivity contribution in [1.82, 2.24) is 4.90 Å². The quantitative estimate of drug-likeness (QED) is 0.928. The maximum atomic E-state index is 12.6. The zero-order valence-electron chi connectivity index (χ0n) is 13.3. The molecular formula is C19H23NO3. The zero-order chi connectivity index (χ0) is 16.0. The highest BCUT2D eigenvalue weighted by molar-refractivity contribution is 5.81. The van der Waals surface area contributed by atoms with Gasteiger partial charge in [-0.1, -0.05) is 18.2 Å². The minimum absolute atomic E-state index is 0.0809. The number of aryl methyl sites for hydroxylation is 2. The van der Waals surface area contributed by atoms with Gasteiger partial charge in [0.05, 0.1) is 12.3 Å². The molecule has 4 rings (SSSR count). The van der Waals surface area contributed by atoms with Gasteiger partial charge in [-0.05, 0) is 60.6 Å². The summed E-state index contributed by atoms with van der Waals surface area (Å²) in [6.07, 6.45) is 6.13. The lowest BCUT2D eigenvalue weighted by Crippen LogP contribution is -2.31. The molecular weight excluding hydrogens is 290 g/mol. The molecule has 1 heterocycles. The van der Waals surface area contributed by atoms with Crippen LogP contribution in [0, 0.1) is 17.8 Å². The molecule has 4 heteroatoms. The van der Waals surface area contributed by atoms with Crippen molar-refractivity contribution in [3.05, 3.63) is 34.9 Å². The Morgan fingerprint density at radius 1 is 1.13 bits per heavy atom. The van der Waals surface area contributed by atoms with Crippen LogP contribution in [0.15, 0.2) is 18.2 Å². The highest BCUT2D eigenvalue weighted by Crippen LogP contribution is 2.44. The second kappa shape index (κ2) is 5.66. The van der Waals surface area contributed by atoms with E-state index in [1.807, 2.05) is 0 Å². The van der Waals surface area contributed by atoms with Crippen LogP contribution in [0.4, 0.5) is 0 Å². The van der Waals surface area contributed by atoms with Crippen LogP contribution in [0.25, 0.3) is 0 Å². The van der Waals surface area contributed by atoms with E-state index >= 15 is 0 Å². The molecule has 0 aromatic heterocycles. The van der Waals surface area contributed by atoms with Gasteiger partial charge in [-0.3, -0.25) is 9.59 Å². The van der Waals surface area contributed by atoms with Crippen molar-refractivity contribution in [3.8, 4) is 0 Å². The lowest BCUT2D eigenvalue weighted by molar-refractivity contribution is -0.142. The number of rotatable bonds is 4. The number of carboxylic acid groups (broad SMARTS) is 1. The Kier molecular flexibility index (Phi) is 3.63. The van der Waals surface area contributed by atoms with Crippen molar-refractivity contribution in [1.29, 1.82) is 0 Å². The summed E-state index contributed by atoms with van der Waals surface area (Å²) in [7, 11) is 0. The molecule has 2 fully saturated rings. The molecule has 0 bridgehead atoms. The highest BCUT2D eigenvalue weighted by atomic mass is 16.4. The molecule has 1 saturated heterocycles. The minimum atomic E-state index is -0.741. The van der Waals surface area contributed by atoms with Crippen LogP contribution in [0.5, 0.6) is 0 Å². The molecule has 1 amide bonds. The number of aliphatic carboxylic acids is 1. The number of likely N-dealkylation sites (tertiary alicyclic amines) is 1. The lowest BCUT2D eigenvalue weighted by Gasteiger charge is -2.16. The molecule has 1 aromatic rings. The maximum absolute atomic E-state index is 12.6. The molecule has 1 N–H and O–H groups in total. The number of carboxylic acids is 1. The van der Waals surface area contributed by atoms with Gasteiger partial charge in [-0.2, -0.15) is 0 Å². The van der Waals surface area contributed by atoms with Gasteiger partial charge in [0.2, 0.25) is 5.91 Å². The third kappa shape index (κ3) is 2.87. The summed E-state index contributed by atoms with van der Waals surface area (Å²) >= 11 is 0. The van der Waals surface area contributed by atoms with E-state index in [1.54, 1.807) is 4.90 Å². The first-order valence-corrected chi connectivity index (χ1v) is 8.73. The van der Waals surface area contributed by atoms with Crippen molar-refractivity contribution in [3.63, 3.8) is 0 Å². The van der Waals surface area contributed by atoms with Crippen molar-refractivity contribution < 1.29 is 14.7 Å². The first kappa shape index (κ1) is 14.7. The fourth-order valence-corrected chi connectivity index (χ4v) is 4.32. The lowest BCUT2D eigenvalue weighted by atomic mass is 9.92. The average molecular weight is 313 g/mol. The Morgan fingerprint density at radius 2 is 1.91 bits per heavy atom. The van der Waals surface area contributed by atoms with E-state index in [-0.39, 0.29) is 17.7 Å². The first-order chi connectivity index (χ1) is 11.1. The summed E-state index contributed by atoms with van der Waals surface area (Å²) in [6.45, 7) is 1.02. The second-order valence-electron chi connectivity index (χ2n) is 7.38. The fourth-order valence-electron chi connectivity index (χ4n) is 4.32. The maximum Gasteiger partial charge on any atom is 0.308 e. The van der Waals surface area contributed by atoms with Crippen LogP contribution in [0.3, 0.4) is 0 Å². The molecule has 0 unspecified atom stereocenters. The number of hydrogen-bond donors (Lipinski definition) is 1. The summed E-state index contributed by atoms with van der Waals surface area (Å²) in [5, 5.41) is 9.42. The molecule has 0 spiro atoms. The normalized spacial score (nSPS) is 26.3. The van der Waals surface area contributed by atoms with E-state index < -0.39 is 5.97 Å². The average Bonchev–Trinajstić information content (AvgIpc) is 3.10. The van der Waals surface area contributed by atoms with Crippen LogP contribution >= 0.6 is 0 Å². The van der Waals surface area contributed by atoms with Crippen LogP contribution in [0.1, 0.15) is 36.0 Å². The molecule has 122 valence electrons. The molecule has 1 saturated carbocycles. The van der Waals surface area contributed by atoms with Crippen LogP contribution < -0.4 is 0 Å². The number of amides is 1. The van der Waals surface area contributed by atoms with Gasteiger partial charge in [-0.25, -0.2) is 0 Å². The third-order valence-electron chi connectivity index (χ3n) is 5.78. The van der Waals surface area contributed by atoms with Gasteiger partial charge < -0.3 is 10.0 Å². The van der Waals surface area contributed by atoms with E-state index in [9.17, 15) is 14.7 Å². The molecule has 0 radical (unpaired) electrons. The first-order valence-electron chi connectivity index (χ1n) is 8.73. The Bertz CT molecular complexity index is 650. The van der Waals surface area contributed by atoms with Gasteiger partial charge in [-0.15, -0.1) is 0 Å². The predicted octanol–water partition coefficient (Wildman–Crippen LogP) is 2.29. The number of carbonyl (C=O) groups excluding carboxylic acids is 1. The Morgan fingerprint density at radius 3 is 2.65 bits per heavy atom. The van der Waals surface area contributed by atoms with Gasteiger partial charge in [0.15, 0.2) is 0 Å². The molecule has 2 aliphatic carbocycles. The summed E-state index contributed by atoms with van der Waals surface area (Å²) in [5.74, 6) is -0.344. The Balaban J connectivity index is 1.44. The molecule has 23 heavy (non-hydrogen) atoms. The summed E-state index contributed by atoms with van der Waals surface area (Å²) in [6, 6.07) is 6.39. The Labute approximate surface area is 136 Å². The minimum Gasteiger partial charge on any atom is -0.481 e. The fraction of sp³-hybridized carbons (Fsp3) is 0.579. The highest BCUT2D eigenvalue weighted by Gasteiger charge is 2.46. The zero-order valence-corrected chi connectivity index (χ0v) is 13.3. The van der Waals surface area contributed by atoms with E-state index in [1.165, 1.54) is 17.5 Å². The third-order valence-corrected chi connectivity index (χ3v) is 5.78. The monoisotopic (exact) mass is 313 g/mol. The molecule has 1 aromatic carbocycles. The number of hydrogen-bond acceptors (Lipinski definition) is 2. The molecule has 3 aliphatic rings. The number of benzene rings is 1. The number of fused-ring (bicyclic) bond motifs is 1. The van der Waals surface area contributed by atoms with Crippen molar-refractivity contribution in [2.24, 2.45) is 17.8 Å². The van der Waals surface area contributed by atoms with Gasteiger partial charge >= 0.3 is 5.97 Å². The number of nitrogens with zero attached hydrogens (tertiary/aromatic N) is 1. The largest absolute Gasteiger partial charge is 0.481 e. The van der Waals surface area contributed by atoms with E-state index in [2.05, 4.69) is 18.2 Å². The SMILES string of the molecule is O=C(O)[C@H]1CN(C(=O)Cc2ccc3c(c2)CCC3)C[C@@H]1C1CC1. The van der Waals surface area contributed by atoms with E-state index in [0.717, 1.165) is 31.2 Å². The second-order valence-corrected chi connectivity index (χ2v) is 7.38. The van der Waals surface area contributed by atoms with E-state index in [4.69, 9.17) is 0 Å². The number of carbonyl (C=O) groups is 2. The smallest absolute Gasteiger partial charge is 0.308 e. The van der Waals surface area contributed by atoms with Crippen LogP contribution in [-0.2, 0) is 28.9 Å². The van der Waals surface area contributed by atoms with Gasteiger partial charge in [0.25, 0.3) is 0 Å². The van der Waals surface area contributed by atoms with Gasteiger partial charge in [0.1, 0.15) is 0 Å². The molecule has 2 atom stereocenters. The van der Waals surface area contributed by atoms with Crippen LogP contribution in [0.2, 0.25) is 0 Å². The van der Waals surface area contributed by atoms with Crippen molar-refractivity contribution in [2.75, 3.05) is 13.1 Å². The van der Waals surface area contributed by atoms with Gasteiger partial charge in [0, 0.05) is 13.1 Å². The van der Waals surface area contributed by atoms with Crippen molar-refractivity contribution >= 4 is 11.9 Å². The topological polar surface area (TPSA) is 57.6 Å². The summed E-state index contributed by atoms with van der Waals surface area (Å²) in [4.78, 5) is 25.9. The Hall–Kier alpha value is -1.84. The molecule has 4 nitrogen and oxygen atoms in total. The standard InChI is InChI=1S/C19H23NO3/c21-18(9-12-4-5-13-2-1-3-15(13)8-12)20-10-16(14-6-7-14)17(11-20)19(22)23/h4-5,8,14,16-17H,1-3,6-7,9-11H2,(H,22,23)/t16-,17+/m1/s1. The summed E-state index contributed by atoms with van der Waals surface area (Å²) in [5.41, 5.74) is 3.87. The predicted molar refractivity (Wildman–Crippen MR) is 86.1 cm³/mol. The summed E-state index contributed by atoms with van der Waals surface area (Å²) < 4.78 is 0. The van der Waals surface area contributed by atoms with Crippen LogP contribution in [-0.4, -0.2) is 35.0 Å².